The van der Waals surface area contributed by atoms with Crippen LogP contribution in [0, 0.1) is 0 Å². The summed E-state index contributed by atoms with van der Waals surface area (Å²) in [7, 11) is 0. The fraction of sp³-hybridized carbons (Fsp3) is 0.385. The average molecular weight is 332 g/mol. The van der Waals surface area contributed by atoms with E-state index >= 15 is 0 Å². The van der Waals surface area contributed by atoms with Gasteiger partial charge in [0.1, 0.15) is 12.1 Å². The molecule has 0 bridgehead atoms. The zero-order chi connectivity index (χ0) is 15.4. The van der Waals surface area contributed by atoms with Crippen molar-refractivity contribution in [2.45, 2.75) is 36.1 Å². The van der Waals surface area contributed by atoms with Gasteiger partial charge < -0.3 is 15.4 Å². The molecule has 1 fully saturated rings. The molecule has 4 nitrogen and oxygen atoms in total. The predicted molar refractivity (Wildman–Crippen MR) is 81.6 cm³/mol. The summed E-state index contributed by atoms with van der Waals surface area (Å²) in [6.07, 6.45) is 0.438. The second-order valence-corrected chi connectivity index (χ2v) is 6.01. The van der Waals surface area contributed by atoms with Crippen LogP contribution in [-0.4, -0.2) is 29.0 Å². The SMILES string of the molecule is C[C@@H]1C[C@H](NC(=S)Nc2ccc(SC(F)F)cc2)C(=O)O1. The van der Waals surface area contributed by atoms with Crippen LogP contribution in [0.25, 0.3) is 0 Å². The summed E-state index contributed by atoms with van der Waals surface area (Å²) >= 11 is 5.59. The predicted octanol–water partition coefficient (Wildman–Crippen LogP) is 2.99. The molecule has 0 radical (unpaired) electrons. The number of carbonyl (C=O) groups is 1. The summed E-state index contributed by atoms with van der Waals surface area (Å²) in [5.74, 6) is -2.77. The molecule has 1 aromatic rings. The van der Waals surface area contributed by atoms with Crippen molar-refractivity contribution in [2.75, 3.05) is 5.32 Å². The third kappa shape index (κ3) is 4.82. The molecule has 114 valence electrons. The van der Waals surface area contributed by atoms with Gasteiger partial charge in [-0.3, -0.25) is 0 Å². The Morgan fingerprint density at radius 2 is 2.10 bits per heavy atom. The maximum Gasteiger partial charge on any atom is 0.329 e. The molecule has 0 amide bonds. The standard InChI is InChI=1S/C13H14F2N2O2S2/c1-7-6-10(11(18)19-7)17-13(20)16-8-2-4-9(5-3-8)21-12(14)15/h2-5,7,10,12H,6H2,1H3,(H2,16,17,20)/t7-,10+/m1/s1. The van der Waals surface area contributed by atoms with E-state index in [-0.39, 0.29) is 12.1 Å². The van der Waals surface area contributed by atoms with Crippen LogP contribution in [0.5, 0.6) is 0 Å². The minimum atomic E-state index is -2.44. The van der Waals surface area contributed by atoms with E-state index in [1.807, 2.05) is 6.92 Å². The van der Waals surface area contributed by atoms with Gasteiger partial charge >= 0.3 is 5.97 Å². The molecule has 1 aliphatic rings. The van der Waals surface area contributed by atoms with Gasteiger partial charge in [0.25, 0.3) is 5.76 Å². The largest absolute Gasteiger partial charge is 0.461 e. The van der Waals surface area contributed by atoms with Crippen LogP contribution in [0.3, 0.4) is 0 Å². The van der Waals surface area contributed by atoms with Crippen LogP contribution in [-0.2, 0) is 9.53 Å². The normalized spacial score (nSPS) is 21.2. The number of nitrogens with one attached hydrogen (secondary N) is 2. The number of thioether (sulfide) groups is 1. The highest BCUT2D eigenvalue weighted by Gasteiger charge is 2.32. The second-order valence-electron chi connectivity index (χ2n) is 4.54. The Labute approximate surface area is 130 Å². The molecular weight excluding hydrogens is 318 g/mol. The van der Waals surface area contributed by atoms with Crippen molar-refractivity contribution in [3.05, 3.63) is 24.3 Å². The minimum absolute atomic E-state index is 0.122. The molecule has 0 aliphatic carbocycles. The lowest BCUT2D eigenvalue weighted by atomic mass is 10.2. The number of halogens is 2. The smallest absolute Gasteiger partial charge is 0.329 e. The lowest BCUT2D eigenvalue weighted by Gasteiger charge is -2.13. The number of hydrogen-bond acceptors (Lipinski definition) is 4. The number of cyclic esters (lactones) is 1. The van der Waals surface area contributed by atoms with Gasteiger partial charge in [0.15, 0.2) is 5.11 Å². The molecule has 2 N–H and O–H groups in total. The first-order valence-electron chi connectivity index (χ1n) is 6.27. The van der Waals surface area contributed by atoms with E-state index < -0.39 is 11.8 Å². The van der Waals surface area contributed by atoms with Gasteiger partial charge in [-0.25, -0.2) is 4.79 Å². The quantitative estimate of drug-likeness (QED) is 0.502. The maximum atomic E-state index is 12.2. The molecule has 0 unspecified atom stereocenters. The summed E-state index contributed by atoms with van der Waals surface area (Å²) in [4.78, 5) is 11.9. The van der Waals surface area contributed by atoms with E-state index in [1.165, 1.54) is 0 Å². The third-order valence-corrected chi connectivity index (χ3v) is 3.75. The zero-order valence-electron chi connectivity index (χ0n) is 11.1. The summed E-state index contributed by atoms with van der Waals surface area (Å²) in [6, 6.07) is 6.00. The van der Waals surface area contributed by atoms with Crippen molar-refractivity contribution in [3.63, 3.8) is 0 Å². The Bertz CT molecular complexity index is 525. The molecule has 1 saturated heterocycles. The Hall–Kier alpha value is -1.41. The van der Waals surface area contributed by atoms with Gasteiger partial charge in [0.2, 0.25) is 0 Å². The topological polar surface area (TPSA) is 50.4 Å². The van der Waals surface area contributed by atoms with Crippen LogP contribution in [0.15, 0.2) is 29.2 Å². The molecular formula is C13H14F2N2O2S2. The minimum Gasteiger partial charge on any atom is -0.461 e. The number of thiocarbonyl (C=S) groups is 1. The number of hydrogen-bond donors (Lipinski definition) is 2. The molecule has 1 aliphatic heterocycles. The number of anilines is 1. The van der Waals surface area contributed by atoms with E-state index in [0.29, 0.717) is 33.9 Å². The maximum absolute atomic E-state index is 12.2. The number of carbonyl (C=O) groups excluding carboxylic acids is 1. The highest BCUT2D eigenvalue weighted by molar-refractivity contribution is 7.99. The van der Waals surface area contributed by atoms with Gasteiger partial charge in [-0.2, -0.15) is 8.78 Å². The molecule has 0 spiro atoms. The van der Waals surface area contributed by atoms with Gasteiger partial charge in [-0.1, -0.05) is 11.8 Å². The van der Waals surface area contributed by atoms with Gasteiger partial charge in [-0.15, -0.1) is 0 Å². The van der Waals surface area contributed by atoms with E-state index in [1.54, 1.807) is 24.3 Å². The summed E-state index contributed by atoms with van der Waals surface area (Å²) in [6.45, 7) is 1.81. The molecule has 0 aromatic heterocycles. The molecule has 2 atom stereocenters. The fourth-order valence-corrected chi connectivity index (χ4v) is 2.68. The van der Waals surface area contributed by atoms with Gasteiger partial charge in [0, 0.05) is 17.0 Å². The van der Waals surface area contributed by atoms with Crippen LogP contribution >= 0.6 is 24.0 Å². The Morgan fingerprint density at radius 3 is 2.62 bits per heavy atom. The van der Waals surface area contributed by atoms with Crippen molar-refractivity contribution in [2.24, 2.45) is 0 Å². The van der Waals surface area contributed by atoms with Crippen molar-refractivity contribution in [1.29, 1.82) is 0 Å². The molecule has 8 heteroatoms. The van der Waals surface area contributed by atoms with Crippen LogP contribution in [0.2, 0.25) is 0 Å². The number of ether oxygens (including phenoxy) is 1. The third-order valence-electron chi connectivity index (χ3n) is 2.81. The van der Waals surface area contributed by atoms with Crippen molar-refractivity contribution in [3.8, 4) is 0 Å². The molecule has 21 heavy (non-hydrogen) atoms. The van der Waals surface area contributed by atoms with E-state index in [9.17, 15) is 13.6 Å². The van der Waals surface area contributed by atoms with E-state index in [0.717, 1.165) is 0 Å². The molecule has 1 heterocycles. The summed E-state index contributed by atoms with van der Waals surface area (Å²) < 4.78 is 29.4. The number of alkyl halides is 2. The zero-order valence-corrected chi connectivity index (χ0v) is 12.8. The number of benzene rings is 1. The van der Waals surface area contributed by atoms with Crippen LogP contribution in [0.1, 0.15) is 13.3 Å². The Morgan fingerprint density at radius 1 is 1.43 bits per heavy atom. The van der Waals surface area contributed by atoms with Gasteiger partial charge in [-0.05, 0) is 43.4 Å². The first-order chi connectivity index (χ1) is 9.94. The van der Waals surface area contributed by atoms with Gasteiger partial charge in [0.05, 0.1) is 0 Å². The Balaban J connectivity index is 1.86. The first-order valence-corrected chi connectivity index (χ1v) is 7.55. The number of esters is 1. The summed E-state index contributed by atoms with van der Waals surface area (Å²) in [5, 5.41) is 6.07. The molecule has 0 saturated carbocycles. The Kier molecular flexibility index (Phi) is 5.35. The van der Waals surface area contributed by atoms with Crippen LogP contribution < -0.4 is 10.6 Å². The van der Waals surface area contributed by atoms with Crippen molar-refractivity contribution in [1.82, 2.24) is 5.32 Å². The van der Waals surface area contributed by atoms with Crippen molar-refractivity contribution >= 4 is 40.7 Å². The lowest BCUT2D eigenvalue weighted by Crippen LogP contribution is -2.40. The highest BCUT2D eigenvalue weighted by Crippen LogP contribution is 2.26. The van der Waals surface area contributed by atoms with E-state index in [2.05, 4.69) is 10.6 Å². The monoisotopic (exact) mass is 332 g/mol. The van der Waals surface area contributed by atoms with Crippen molar-refractivity contribution < 1.29 is 18.3 Å². The van der Waals surface area contributed by atoms with E-state index in [4.69, 9.17) is 17.0 Å². The first kappa shape index (κ1) is 16.0. The van der Waals surface area contributed by atoms with Crippen LogP contribution in [0.4, 0.5) is 14.5 Å². The fourth-order valence-electron chi connectivity index (χ4n) is 1.92. The molecule has 1 aromatic carbocycles. The molecule has 2 rings (SSSR count). The number of rotatable bonds is 4. The second kappa shape index (κ2) is 7.04. The summed E-state index contributed by atoms with van der Waals surface area (Å²) in [5.41, 5.74) is 0.658. The highest BCUT2D eigenvalue weighted by atomic mass is 32.2. The average Bonchev–Trinajstić information content (AvgIpc) is 2.69. The lowest BCUT2D eigenvalue weighted by molar-refractivity contribution is -0.142.